The molecule has 0 spiro atoms. The number of hydrogen-bond acceptors (Lipinski definition) is 6. The molecule has 7 nitrogen and oxygen atoms in total. The highest BCUT2D eigenvalue weighted by atomic mass is 16.5. The van der Waals surface area contributed by atoms with Gasteiger partial charge in [-0.05, 0) is 30.6 Å². The van der Waals surface area contributed by atoms with Gasteiger partial charge in [0.1, 0.15) is 12.1 Å². The Bertz CT molecular complexity index is 745. The van der Waals surface area contributed by atoms with Crippen molar-refractivity contribution >= 4 is 11.6 Å². The highest BCUT2D eigenvalue weighted by Crippen LogP contribution is 2.56. The van der Waals surface area contributed by atoms with E-state index in [1.165, 1.54) is 12.8 Å². The summed E-state index contributed by atoms with van der Waals surface area (Å²) in [5, 5.41) is 4.39. The van der Waals surface area contributed by atoms with Gasteiger partial charge in [0, 0.05) is 26.8 Å². The first-order valence-corrected chi connectivity index (χ1v) is 8.28. The molecule has 5 rings (SSSR count). The molecule has 3 fully saturated rings. The van der Waals surface area contributed by atoms with Gasteiger partial charge in [-0.3, -0.25) is 0 Å². The van der Waals surface area contributed by atoms with Crippen LogP contribution in [0.25, 0.3) is 5.78 Å². The zero-order valence-electron chi connectivity index (χ0n) is 13.4. The van der Waals surface area contributed by atoms with Gasteiger partial charge in [0.2, 0.25) is 0 Å². The van der Waals surface area contributed by atoms with Crippen molar-refractivity contribution in [3.05, 3.63) is 18.1 Å². The Morgan fingerprint density at radius 2 is 2.17 bits per heavy atom. The van der Waals surface area contributed by atoms with Gasteiger partial charge < -0.3 is 14.4 Å². The van der Waals surface area contributed by atoms with Crippen molar-refractivity contribution in [1.29, 1.82) is 0 Å². The van der Waals surface area contributed by atoms with Crippen LogP contribution in [-0.4, -0.2) is 52.5 Å². The van der Waals surface area contributed by atoms with E-state index in [1.807, 2.05) is 11.6 Å². The number of aromatic nitrogens is 4. The summed E-state index contributed by atoms with van der Waals surface area (Å²) < 4.78 is 13.0. The van der Waals surface area contributed by atoms with Gasteiger partial charge in [0.05, 0.1) is 24.4 Å². The Morgan fingerprint density at radius 3 is 3.00 bits per heavy atom. The number of fused-ring (bicyclic) bond motifs is 2. The molecule has 122 valence electrons. The number of methoxy groups -OCH3 is 2. The lowest BCUT2D eigenvalue weighted by Gasteiger charge is -2.32. The molecule has 0 aromatic carbocycles. The largest absolute Gasteiger partial charge is 0.379 e. The van der Waals surface area contributed by atoms with Crippen molar-refractivity contribution in [2.45, 2.75) is 31.6 Å². The van der Waals surface area contributed by atoms with E-state index < -0.39 is 0 Å². The molecule has 1 aliphatic heterocycles. The number of nitrogens with zero attached hydrogens (tertiary/aromatic N) is 5. The summed E-state index contributed by atoms with van der Waals surface area (Å²) in [6.45, 7) is 1.56. The van der Waals surface area contributed by atoms with Gasteiger partial charge in [-0.15, -0.1) is 0 Å². The quantitative estimate of drug-likeness (QED) is 0.843. The molecule has 2 aliphatic carbocycles. The second-order valence-corrected chi connectivity index (χ2v) is 7.01. The van der Waals surface area contributed by atoms with Crippen molar-refractivity contribution in [1.82, 2.24) is 19.6 Å². The second-order valence-electron chi connectivity index (χ2n) is 7.01. The van der Waals surface area contributed by atoms with Crippen molar-refractivity contribution < 1.29 is 9.47 Å². The summed E-state index contributed by atoms with van der Waals surface area (Å²) in [5.74, 6) is 3.96. The van der Waals surface area contributed by atoms with Gasteiger partial charge in [0.25, 0.3) is 5.78 Å². The van der Waals surface area contributed by atoms with Gasteiger partial charge in [-0.25, -0.2) is 4.98 Å². The van der Waals surface area contributed by atoms with Crippen molar-refractivity contribution in [2.75, 3.05) is 25.7 Å². The first kappa shape index (κ1) is 13.7. The molecular weight excluding hydrogens is 294 g/mol. The Labute approximate surface area is 134 Å². The van der Waals surface area contributed by atoms with E-state index in [0.717, 1.165) is 35.8 Å². The average molecular weight is 315 g/mol. The fourth-order valence-electron chi connectivity index (χ4n) is 5.25. The van der Waals surface area contributed by atoms with Gasteiger partial charge >= 0.3 is 0 Å². The Balaban J connectivity index is 1.61. The fourth-order valence-corrected chi connectivity index (χ4v) is 5.25. The van der Waals surface area contributed by atoms with Crippen LogP contribution in [-0.2, 0) is 16.1 Å². The van der Waals surface area contributed by atoms with Crippen molar-refractivity contribution in [2.24, 2.45) is 17.8 Å². The Morgan fingerprint density at radius 1 is 1.26 bits per heavy atom. The van der Waals surface area contributed by atoms with Crippen LogP contribution in [0.5, 0.6) is 0 Å². The molecule has 23 heavy (non-hydrogen) atoms. The number of ether oxygens (including phenoxy) is 2. The normalized spacial score (nSPS) is 34.9. The maximum Gasteiger partial charge on any atom is 0.254 e. The third-order valence-electron chi connectivity index (χ3n) is 5.96. The van der Waals surface area contributed by atoms with E-state index in [-0.39, 0.29) is 0 Å². The predicted octanol–water partition coefficient (Wildman–Crippen LogP) is 1.13. The van der Waals surface area contributed by atoms with Crippen LogP contribution in [0.4, 0.5) is 5.82 Å². The minimum absolute atomic E-state index is 0.330. The smallest absolute Gasteiger partial charge is 0.254 e. The summed E-state index contributed by atoms with van der Waals surface area (Å²) in [6, 6.07) is 2.55. The monoisotopic (exact) mass is 315 g/mol. The molecule has 2 bridgehead atoms. The SMILES string of the molecule is COCc1cc(N2C[C@@H]3C[C@H]4C[C@H]3[C@H]2[C@@H]4OC)n2ncnc2n1. The average Bonchev–Trinajstić information content (AvgIpc) is 3.26. The fraction of sp³-hybridized carbons (Fsp3) is 0.688. The molecule has 0 radical (unpaired) electrons. The minimum atomic E-state index is 0.330. The maximum absolute atomic E-state index is 5.87. The number of rotatable bonds is 4. The van der Waals surface area contributed by atoms with Gasteiger partial charge in [-0.2, -0.15) is 14.6 Å². The van der Waals surface area contributed by atoms with Crippen molar-refractivity contribution in [3.8, 4) is 0 Å². The van der Waals surface area contributed by atoms with Crippen LogP contribution in [0.3, 0.4) is 0 Å². The van der Waals surface area contributed by atoms with E-state index >= 15 is 0 Å². The third-order valence-corrected chi connectivity index (χ3v) is 5.96. The molecular formula is C16H21N5O2. The molecule has 0 unspecified atom stereocenters. The molecule has 2 saturated carbocycles. The minimum Gasteiger partial charge on any atom is -0.379 e. The lowest BCUT2D eigenvalue weighted by molar-refractivity contribution is 0.0446. The van der Waals surface area contributed by atoms with Crippen LogP contribution in [0.15, 0.2) is 12.4 Å². The predicted molar refractivity (Wildman–Crippen MR) is 83.1 cm³/mol. The molecule has 3 aliphatic rings. The van der Waals surface area contributed by atoms with Crippen LogP contribution in [0.1, 0.15) is 18.5 Å². The first-order valence-electron chi connectivity index (χ1n) is 8.28. The maximum atomic E-state index is 5.87. The zero-order valence-corrected chi connectivity index (χ0v) is 13.4. The summed E-state index contributed by atoms with van der Waals surface area (Å²) in [4.78, 5) is 11.3. The van der Waals surface area contributed by atoms with Crippen LogP contribution >= 0.6 is 0 Å². The number of anilines is 1. The van der Waals surface area contributed by atoms with Gasteiger partial charge in [-0.1, -0.05) is 0 Å². The summed E-state index contributed by atoms with van der Waals surface area (Å²) in [7, 11) is 3.54. The molecule has 2 aromatic rings. The van der Waals surface area contributed by atoms with Crippen molar-refractivity contribution in [3.63, 3.8) is 0 Å². The van der Waals surface area contributed by atoms with E-state index in [1.54, 1.807) is 13.4 Å². The highest BCUT2D eigenvalue weighted by Gasteiger charge is 2.60. The van der Waals surface area contributed by atoms with E-state index in [9.17, 15) is 0 Å². The second kappa shape index (κ2) is 4.88. The standard InChI is InChI=1S/C16H21N5O2/c1-22-7-11-5-13(21-16(19-11)17-8-18-21)20-6-10-3-9-4-12(10)14(20)15(9)23-2/h5,8-10,12,14-15H,3-4,6-7H2,1-2H3/t9-,10-,12+,14-,15+/m0/s1. The van der Waals surface area contributed by atoms with E-state index in [0.29, 0.717) is 24.5 Å². The summed E-state index contributed by atoms with van der Waals surface area (Å²) in [5.41, 5.74) is 0.894. The lowest BCUT2D eigenvalue weighted by atomic mass is 9.88. The first-order chi connectivity index (χ1) is 11.3. The summed E-state index contributed by atoms with van der Waals surface area (Å²) in [6.07, 6.45) is 4.50. The number of hydrogen-bond donors (Lipinski definition) is 0. The van der Waals surface area contributed by atoms with E-state index in [2.05, 4.69) is 26.0 Å². The molecule has 7 heteroatoms. The molecule has 3 heterocycles. The zero-order chi connectivity index (χ0) is 15.6. The molecule has 5 atom stereocenters. The van der Waals surface area contributed by atoms with Crippen LogP contribution in [0.2, 0.25) is 0 Å². The molecule has 1 saturated heterocycles. The molecule has 0 N–H and O–H groups in total. The van der Waals surface area contributed by atoms with E-state index in [4.69, 9.17) is 9.47 Å². The van der Waals surface area contributed by atoms with Gasteiger partial charge in [0.15, 0.2) is 0 Å². The Kier molecular flexibility index (Phi) is 2.90. The molecule has 0 amide bonds. The highest BCUT2D eigenvalue weighted by molar-refractivity contribution is 5.51. The Hall–Kier alpha value is -1.73. The molecule has 2 aromatic heterocycles. The van der Waals surface area contributed by atoms with Crippen LogP contribution < -0.4 is 4.90 Å². The lowest BCUT2D eigenvalue weighted by Crippen LogP contribution is -2.42. The summed E-state index contributed by atoms with van der Waals surface area (Å²) >= 11 is 0. The topological polar surface area (TPSA) is 64.8 Å². The van der Waals surface area contributed by atoms with Crippen LogP contribution in [0, 0.1) is 17.8 Å². The third kappa shape index (κ3) is 1.80.